The second kappa shape index (κ2) is 8.96. The van der Waals surface area contributed by atoms with Crippen molar-refractivity contribution in [2.24, 2.45) is 0 Å². The summed E-state index contributed by atoms with van der Waals surface area (Å²) in [7, 11) is -1.17. The van der Waals surface area contributed by atoms with Crippen molar-refractivity contribution < 1.29 is 40.4 Å². The Morgan fingerprint density at radius 1 is 2.00 bits per heavy atom. The Hall–Kier alpha value is 1.06. The van der Waals surface area contributed by atoms with E-state index in [1.54, 1.807) is 0 Å². The van der Waals surface area contributed by atoms with Crippen molar-refractivity contribution in [3.63, 3.8) is 0 Å². The Kier molecular flexibility index (Phi) is 19.9. The van der Waals surface area contributed by atoms with Crippen LogP contribution in [0, 0.1) is 0 Å². The molecule has 0 aliphatic carbocycles. The van der Waals surface area contributed by atoms with Crippen molar-refractivity contribution in [3.05, 3.63) is 0 Å². The van der Waals surface area contributed by atoms with Crippen LogP contribution >= 0.6 is 8.69 Å². The maximum absolute atomic E-state index is 8.51. The van der Waals surface area contributed by atoms with Crippen LogP contribution in [0.15, 0.2) is 0 Å². The molecule has 0 fully saturated rings. The predicted molar refractivity (Wildman–Crippen MR) is 12.3 cm³/mol. The third-order valence-electron chi connectivity index (χ3n) is 0. The molecule has 1 atom stereocenters. The molecule has 0 heterocycles. The molecule has 20 valence electrons. The molecule has 0 aromatic heterocycles. The van der Waals surface area contributed by atoms with Crippen molar-refractivity contribution in [3.8, 4) is 0 Å². The standard InChI is InChI=1S/Na.HO2P.H/c;1-3-2;/h;3H;/q+1;;-1/p+1. The van der Waals surface area contributed by atoms with Gasteiger partial charge in [0.1, 0.15) is 0 Å². The van der Waals surface area contributed by atoms with E-state index in [1.807, 2.05) is 0 Å². The molecule has 4 heavy (non-hydrogen) atoms. The molecule has 0 aliphatic rings. The van der Waals surface area contributed by atoms with Crippen LogP contribution in [0.1, 0.15) is 1.43 Å². The maximum Gasteiger partial charge on any atom is 1.00 e. The average molecular weight is 89.0 g/mol. The number of rotatable bonds is 0. The molecule has 0 spiro atoms. The number of hydrogen-bond donors (Lipinski definition) is 1. The van der Waals surface area contributed by atoms with Gasteiger partial charge in [-0.3, -0.25) is 0 Å². The van der Waals surface area contributed by atoms with Crippen LogP contribution in [0.25, 0.3) is 0 Å². The largest absolute Gasteiger partial charge is 1.00 e. The molecular formula is H3NaO2P+. The molecule has 0 aromatic carbocycles. The van der Waals surface area contributed by atoms with E-state index in [0.717, 1.165) is 0 Å². The Balaban J connectivity index is -0.0000000200. The molecular weight excluding hydrogens is 86.0 g/mol. The Morgan fingerprint density at radius 2 is 2.00 bits per heavy atom. The van der Waals surface area contributed by atoms with E-state index in [4.69, 9.17) is 9.46 Å². The Morgan fingerprint density at radius 3 is 2.00 bits per heavy atom. The van der Waals surface area contributed by atoms with Crippen molar-refractivity contribution in [2.45, 2.75) is 0 Å². The van der Waals surface area contributed by atoms with Gasteiger partial charge in [0.15, 0.2) is 0 Å². The summed E-state index contributed by atoms with van der Waals surface area (Å²) in [5, 5.41) is 0. The summed E-state index contributed by atoms with van der Waals surface area (Å²) >= 11 is 0. The van der Waals surface area contributed by atoms with Crippen LogP contribution in [-0.2, 0) is 4.57 Å². The first-order chi connectivity index (χ1) is 1.41. The molecule has 0 amide bonds. The molecule has 4 heteroatoms. The summed E-state index contributed by atoms with van der Waals surface area (Å²) in [6, 6.07) is 0. The third kappa shape index (κ3) is 11.6. The Bertz CT molecular complexity index is 17.1. The van der Waals surface area contributed by atoms with E-state index in [-0.39, 0.29) is 31.0 Å². The molecule has 0 aromatic rings. The smallest absolute Gasteiger partial charge is 1.00 e. The molecule has 0 bridgehead atoms. The summed E-state index contributed by atoms with van der Waals surface area (Å²) in [6.45, 7) is 0. The van der Waals surface area contributed by atoms with Crippen molar-refractivity contribution >= 4 is 8.69 Å². The van der Waals surface area contributed by atoms with Gasteiger partial charge in [0.2, 0.25) is 0 Å². The van der Waals surface area contributed by atoms with Gasteiger partial charge in [0, 0.05) is 0 Å². The van der Waals surface area contributed by atoms with Crippen LogP contribution in [0.5, 0.6) is 0 Å². The quantitative estimate of drug-likeness (QED) is 0.254. The summed E-state index contributed by atoms with van der Waals surface area (Å²) in [5.41, 5.74) is 0. The maximum atomic E-state index is 8.51. The zero-order valence-corrected chi connectivity index (χ0v) is 5.36. The monoisotopic (exact) mass is 89.0 g/mol. The molecule has 2 nitrogen and oxygen atoms in total. The minimum absolute atomic E-state index is 0. The van der Waals surface area contributed by atoms with Gasteiger partial charge in [0.05, 0.1) is 0 Å². The fourth-order valence-corrected chi connectivity index (χ4v) is 0. The van der Waals surface area contributed by atoms with Crippen LogP contribution in [-0.4, -0.2) is 4.89 Å². The fourth-order valence-electron chi connectivity index (χ4n) is 0. The van der Waals surface area contributed by atoms with E-state index >= 15 is 0 Å². The van der Waals surface area contributed by atoms with Crippen LogP contribution in [0.2, 0.25) is 0 Å². The van der Waals surface area contributed by atoms with Crippen molar-refractivity contribution in [1.29, 1.82) is 0 Å². The molecule has 1 unspecified atom stereocenters. The average Bonchev–Trinajstić information content (AvgIpc) is 0.918. The van der Waals surface area contributed by atoms with Gasteiger partial charge in [0.25, 0.3) is 0 Å². The van der Waals surface area contributed by atoms with E-state index < -0.39 is 8.69 Å². The van der Waals surface area contributed by atoms with Crippen LogP contribution in [0.3, 0.4) is 0 Å². The van der Waals surface area contributed by atoms with E-state index in [1.165, 1.54) is 0 Å². The van der Waals surface area contributed by atoms with E-state index in [2.05, 4.69) is 0 Å². The fraction of sp³-hybridized carbons (Fsp3) is 0. The third-order valence-corrected chi connectivity index (χ3v) is 0. The summed E-state index contributed by atoms with van der Waals surface area (Å²) < 4.78 is 8.51. The van der Waals surface area contributed by atoms with Gasteiger partial charge in [-0.1, -0.05) is 0 Å². The number of hydrogen-bond acceptors (Lipinski definition) is 1. The van der Waals surface area contributed by atoms with Crippen LogP contribution in [0.4, 0.5) is 0 Å². The molecule has 0 rings (SSSR count). The summed E-state index contributed by atoms with van der Waals surface area (Å²) in [4.78, 5) is 7.04. The van der Waals surface area contributed by atoms with E-state index in [9.17, 15) is 0 Å². The SMILES string of the molecule is O=[PH+]O.[H-].[Na+]. The summed E-state index contributed by atoms with van der Waals surface area (Å²) in [5.74, 6) is 0. The predicted octanol–water partition coefficient (Wildman–Crippen LogP) is -2.97. The minimum atomic E-state index is -1.17. The van der Waals surface area contributed by atoms with Gasteiger partial charge in [-0.25, -0.2) is 0 Å². The first kappa shape index (κ1) is 8.91. The van der Waals surface area contributed by atoms with Gasteiger partial charge in [-0.2, -0.15) is 4.89 Å². The zero-order valence-electron chi connectivity index (χ0n) is 3.36. The van der Waals surface area contributed by atoms with Gasteiger partial charge < -0.3 is 1.43 Å². The molecule has 0 radical (unpaired) electrons. The Labute approximate surface area is 49.3 Å². The van der Waals surface area contributed by atoms with E-state index in [0.29, 0.717) is 0 Å². The van der Waals surface area contributed by atoms with Crippen molar-refractivity contribution in [1.82, 2.24) is 0 Å². The zero-order chi connectivity index (χ0) is 2.71. The topological polar surface area (TPSA) is 37.3 Å². The van der Waals surface area contributed by atoms with Crippen LogP contribution < -0.4 is 29.6 Å². The molecule has 1 N–H and O–H groups in total. The van der Waals surface area contributed by atoms with Crippen molar-refractivity contribution in [2.75, 3.05) is 0 Å². The minimum Gasteiger partial charge on any atom is -1.00 e. The molecule has 0 saturated carbocycles. The first-order valence-electron chi connectivity index (χ1n) is 0.428. The van der Waals surface area contributed by atoms with Gasteiger partial charge >= 0.3 is 38.2 Å². The van der Waals surface area contributed by atoms with Gasteiger partial charge in [-0.15, -0.1) is 0 Å². The second-order valence-electron chi connectivity index (χ2n) is 0.0913. The second-order valence-corrected chi connectivity index (χ2v) is 0.274. The van der Waals surface area contributed by atoms with Gasteiger partial charge in [-0.05, 0) is 4.57 Å². The summed E-state index contributed by atoms with van der Waals surface area (Å²) in [6.07, 6.45) is 0. The first-order valence-corrected chi connectivity index (χ1v) is 1.28. The molecule has 0 saturated heterocycles. The normalized spacial score (nSPS) is 5.25. The molecule has 0 aliphatic heterocycles.